The number of hydrogen-bond donors (Lipinski definition) is 2. The Balaban J connectivity index is 2.53. The van der Waals surface area contributed by atoms with Crippen molar-refractivity contribution >= 4 is 23.2 Å². The number of carbonyl (C=O) groups is 1. The SMILES string of the molecule is CC(C)N1Cc2c(NN)ccc(Cl)c2C1=O. The van der Waals surface area contributed by atoms with E-state index < -0.39 is 0 Å². The van der Waals surface area contributed by atoms with Crippen molar-refractivity contribution in [1.29, 1.82) is 0 Å². The van der Waals surface area contributed by atoms with Gasteiger partial charge >= 0.3 is 0 Å². The van der Waals surface area contributed by atoms with Gasteiger partial charge in [0.1, 0.15) is 0 Å². The zero-order valence-electron chi connectivity index (χ0n) is 9.25. The summed E-state index contributed by atoms with van der Waals surface area (Å²) in [5.41, 5.74) is 4.82. The van der Waals surface area contributed by atoms with Crippen LogP contribution in [0.5, 0.6) is 0 Å². The molecule has 1 aliphatic rings. The van der Waals surface area contributed by atoms with Crippen LogP contribution in [-0.2, 0) is 6.54 Å². The van der Waals surface area contributed by atoms with Gasteiger partial charge in [0.15, 0.2) is 0 Å². The van der Waals surface area contributed by atoms with E-state index in [9.17, 15) is 4.79 Å². The third kappa shape index (κ3) is 1.54. The fourth-order valence-corrected chi connectivity index (χ4v) is 2.21. The van der Waals surface area contributed by atoms with Gasteiger partial charge in [0.05, 0.1) is 16.3 Å². The highest BCUT2D eigenvalue weighted by Gasteiger charge is 2.32. The maximum atomic E-state index is 12.1. The minimum Gasteiger partial charge on any atom is -0.332 e. The molecule has 0 unspecified atom stereocenters. The summed E-state index contributed by atoms with van der Waals surface area (Å²) in [6.45, 7) is 4.52. The molecule has 1 aromatic rings. The first kappa shape index (κ1) is 11.2. The minimum atomic E-state index is -0.0212. The zero-order valence-corrected chi connectivity index (χ0v) is 10.0. The van der Waals surface area contributed by atoms with E-state index in [1.165, 1.54) is 0 Å². The second-order valence-corrected chi connectivity index (χ2v) is 4.53. The second kappa shape index (κ2) is 3.96. The fourth-order valence-electron chi connectivity index (χ4n) is 1.95. The number of anilines is 1. The molecule has 5 heteroatoms. The maximum absolute atomic E-state index is 12.1. The van der Waals surface area contributed by atoms with Crippen LogP contribution in [0.15, 0.2) is 12.1 Å². The predicted molar refractivity (Wildman–Crippen MR) is 64.3 cm³/mol. The highest BCUT2D eigenvalue weighted by atomic mass is 35.5. The summed E-state index contributed by atoms with van der Waals surface area (Å²) >= 11 is 6.05. The van der Waals surface area contributed by atoms with Gasteiger partial charge in [-0.25, -0.2) is 0 Å². The van der Waals surface area contributed by atoms with Crippen LogP contribution < -0.4 is 11.3 Å². The lowest BCUT2D eigenvalue weighted by molar-refractivity contribution is 0.0731. The number of hydrazine groups is 1. The third-order valence-corrected chi connectivity index (χ3v) is 3.16. The van der Waals surface area contributed by atoms with Crippen LogP contribution in [0.2, 0.25) is 5.02 Å². The van der Waals surface area contributed by atoms with Crippen LogP contribution >= 0.6 is 11.6 Å². The lowest BCUT2D eigenvalue weighted by Crippen LogP contribution is -2.30. The molecule has 1 heterocycles. The van der Waals surface area contributed by atoms with Crippen LogP contribution in [0.4, 0.5) is 5.69 Å². The van der Waals surface area contributed by atoms with Crippen molar-refractivity contribution in [3.05, 3.63) is 28.3 Å². The molecule has 16 heavy (non-hydrogen) atoms. The number of rotatable bonds is 2. The second-order valence-electron chi connectivity index (χ2n) is 4.12. The molecule has 0 aromatic heterocycles. The first-order valence-corrected chi connectivity index (χ1v) is 5.53. The van der Waals surface area contributed by atoms with Crippen molar-refractivity contribution in [2.24, 2.45) is 5.84 Å². The van der Waals surface area contributed by atoms with Gasteiger partial charge in [-0.05, 0) is 26.0 Å². The molecule has 0 radical (unpaired) electrons. The predicted octanol–water partition coefficient (Wildman–Crippen LogP) is 1.99. The number of halogens is 1. The Hall–Kier alpha value is -1.26. The van der Waals surface area contributed by atoms with Crippen LogP contribution in [0.3, 0.4) is 0 Å². The number of nitrogens with one attached hydrogen (secondary N) is 1. The van der Waals surface area contributed by atoms with Crippen LogP contribution in [0.1, 0.15) is 29.8 Å². The molecule has 0 fully saturated rings. The number of nitrogen functional groups attached to an aromatic ring is 1. The number of hydrogen-bond acceptors (Lipinski definition) is 3. The van der Waals surface area contributed by atoms with Crippen LogP contribution in [0.25, 0.3) is 0 Å². The lowest BCUT2D eigenvalue weighted by atomic mass is 10.1. The first-order valence-electron chi connectivity index (χ1n) is 5.15. The van der Waals surface area contributed by atoms with E-state index in [2.05, 4.69) is 5.43 Å². The molecule has 2 rings (SSSR count). The Morgan fingerprint density at radius 3 is 2.75 bits per heavy atom. The van der Waals surface area contributed by atoms with E-state index >= 15 is 0 Å². The van der Waals surface area contributed by atoms with Gasteiger partial charge in [-0.2, -0.15) is 0 Å². The van der Waals surface area contributed by atoms with Crippen molar-refractivity contribution in [1.82, 2.24) is 4.90 Å². The molecule has 0 spiro atoms. The van der Waals surface area contributed by atoms with Gasteiger partial charge in [-0.1, -0.05) is 11.6 Å². The van der Waals surface area contributed by atoms with Gasteiger partial charge in [-0.3, -0.25) is 10.6 Å². The molecule has 0 saturated carbocycles. The molecule has 0 atom stereocenters. The molecule has 86 valence electrons. The van der Waals surface area contributed by atoms with Crippen molar-refractivity contribution in [3.63, 3.8) is 0 Å². The average molecular weight is 240 g/mol. The van der Waals surface area contributed by atoms with Crippen molar-refractivity contribution in [2.45, 2.75) is 26.4 Å². The van der Waals surface area contributed by atoms with E-state index in [0.717, 1.165) is 11.3 Å². The van der Waals surface area contributed by atoms with E-state index in [1.54, 1.807) is 17.0 Å². The first-order chi connectivity index (χ1) is 7.56. The van der Waals surface area contributed by atoms with Gasteiger partial charge < -0.3 is 10.3 Å². The average Bonchev–Trinajstić information content (AvgIpc) is 2.58. The number of benzene rings is 1. The fraction of sp³-hybridized carbons (Fsp3) is 0.364. The Kier molecular flexibility index (Phi) is 2.78. The van der Waals surface area contributed by atoms with Gasteiger partial charge in [-0.15, -0.1) is 0 Å². The monoisotopic (exact) mass is 239 g/mol. The van der Waals surface area contributed by atoms with Crippen molar-refractivity contribution in [2.75, 3.05) is 5.43 Å². The molecule has 1 aliphatic heterocycles. The molecule has 0 aliphatic carbocycles. The van der Waals surface area contributed by atoms with Crippen molar-refractivity contribution < 1.29 is 4.79 Å². The number of amides is 1. The molecule has 4 nitrogen and oxygen atoms in total. The standard InChI is InChI=1S/C11H14ClN3O/c1-6(2)15-5-7-9(14-13)4-3-8(12)10(7)11(15)16/h3-4,6,14H,5,13H2,1-2H3. The van der Waals surface area contributed by atoms with Gasteiger partial charge in [0.25, 0.3) is 5.91 Å². The molecule has 0 saturated heterocycles. The minimum absolute atomic E-state index is 0.0212. The lowest BCUT2D eigenvalue weighted by Gasteiger charge is -2.20. The smallest absolute Gasteiger partial charge is 0.256 e. The Morgan fingerprint density at radius 1 is 1.50 bits per heavy atom. The number of fused-ring (bicyclic) bond motifs is 1. The van der Waals surface area contributed by atoms with Crippen LogP contribution in [0, 0.1) is 0 Å². The Morgan fingerprint density at radius 2 is 2.19 bits per heavy atom. The summed E-state index contributed by atoms with van der Waals surface area (Å²) < 4.78 is 0. The third-order valence-electron chi connectivity index (χ3n) is 2.84. The molecular formula is C11H14ClN3O. The number of carbonyl (C=O) groups excluding carboxylic acids is 1. The largest absolute Gasteiger partial charge is 0.332 e. The van der Waals surface area contributed by atoms with E-state index in [-0.39, 0.29) is 11.9 Å². The van der Waals surface area contributed by atoms with Crippen molar-refractivity contribution in [3.8, 4) is 0 Å². The topological polar surface area (TPSA) is 58.4 Å². The Labute approximate surface area is 99.3 Å². The zero-order chi connectivity index (χ0) is 11.9. The highest BCUT2D eigenvalue weighted by Crippen LogP contribution is 2.34. The van der Waals surface area contributed by atoms with E-state index in [4.69, 9.17) is 17.4 Å². The summed E-state index contributed by atoms with van der Waals surface area (Å²) in [6, 6.07) is 3.64. The summed E-state index contributed by atoms with van der Waals surface area (Å²) in [5.74, 6) is 5.40. The molecular weight excluding hydrogens is 226 g/mol. The summed E-state index contributed by atoms with van der Waals surface area (Å²) in [6.07, 6.45) is 0. The molecule has 3 N–H and O–H groups in total. The molecule has 1 amide bonds. The van der Waals surface area contributed by atoms with Gasteiger partial charge in [0.2, 0.25) is 0 Å². The number of nitrogens with zero attached hydrogens (tertiary/aromatic N) is 1. The molecule has 0 bridgehead atoms. The van der Waals surface area contributed by atoms with Gasteiger partial charge in [0, 0.05) is 18.2 Å². The summed E-state index contributed by atoms with van der Waals surface area (Å²) in [5, 5.41) is 0.488. The quantitative estimate of drug-likeness (QED) is 0.613. The maximum Gasteiger partial charge on any atom is 0.256 e. The molecule has 1 aromatic carbocycles. The summed E-state index contributed by atoms with van der Waals surface area (Å²) in [7, 11) is 0. The Bertz CT molecular complexity index is 445. The normalized spacial score (nSPS) is 14.6. The highest BCUT2D eigenvalue weighted by molar-refractivity contribution is 6.34. The summed E-state index contributed by atoms with van der Waals surface area (Å²) in [4.78, 5) is 13.9. The number of nitrogens with two attached hydrogens (primary N) is 1. The van der Waals surface area contributed by atoms with E-state index in [1.807, 2.05) is 13.8 Å². The van der Waals surface area contributed by atoms with E-state index in [0.29, 0.717) is 17.1 Å². The van der Waals surface area contributed by atoms with Crippen LogP contribution in [-0.4, -0.2) is 16.8 Å².